The standard InChI is InChI=1S/C9H12N2O3/c1-2-6-14-10-8-4-3-5-11(7-8)9(12)13/h2-4H,1,5-7H2,(H,12,13). The molecule has 0 saturated heterocycles. The highest BCUT2D eigenvalue weighted by Crippen LogP contribution is 2.00. The van der Waals surface area contributed by atoms with Crippen LogP contribution in [0.2, 0.25) is 0 Å². The van der Waals surface area contributed by atoms with Gasteiger partial charge < -0.3 is 9.94 Å². The van der Waals surface area contributed by atoms with Gasteiger partial charge in [-0.15, -0.1) is 0 Å². The number of rotatable bonds is 3. The van der Waals surface area contributed by atoms with Crippen LogP contribution in [0.3, 0.4) is 0 Å². The van der Waals surface area contributed by atoms with E-state index in [0.717, 1.165) is 0 Å². The third-order valence-corrected chi connectivity index (χ3v) is 1.63. The van der Waals surface area contributed by atoms with Crippen molar-refractivity contribution in [2.45, 2.75) is 0 Å². The Morgan fingerprint density at radius 2 is 2.64 bits per heavy atom. The van der Waals surface area contributed by atoms with E-state index < -0.39 is 6.09 Å². The first-order chi connectivity index (χ1) is 6.74. The first kappa shape index (κ1) is 10.3. The van der Waals surface area contributed by atoms with Crippen molar-refractivity contribution in [3.8, 4) is 0 Å². The molecule has 1 rings (SSSR count). The van der Waals surface area contributed by atoms with Gasteiger partial charge >= 0.3 is 6.09 Å². The van der Waals surface area contributed by atoms with Crippen LogP contribution in [-0.4, -0.2) is 41.5 Å². The largest absolute Gasteiger partial charge is 0.465 e. The summed E-state index contributed by atoms with van der Waals surface area (Å²) in [5.41, 5.74) is 0.598. The molecule has 0 aromatic rings. The molecule has 0 bridgehead atoms. The van der Waals surface area contributed by atoms with E-state index in [0.29, 0.717) is 18.9 Å². The van der Waals surface area contributed by atoms with Crippen LogP contribution in [0, 0.1) is 0 Å². The first-order valence-electron chi connectivity index (χ1n) is 4.18. The lowest BCUT2D eigenvalue weighted by Crippen LogP contribution is -2.36. The lowest BCUT2D eigenvalue weighted by Gasteiger charge is -2.20. The van der Waals surface area contributed by atoms with Gasteiger partial charge in [-0.05, 0) is 6.08 Å². The zero-order valence-electron chi connectivity index (χ0n) is 7.72. The van der Waals surface area contributed by atoms with E-state index in [-0.39, 0.29) is 6.54 Å². The maximum atomic E-state index is 10.6. The SMILES string of the molecule is C=CCON=C1C=CCN(C(=O)O)C1. The van der Waals surface area contributed by atoms with Gasteiger partial charge in [0.1, 0.15) is 6.61 Å². The molecule has 0 aromatic heterocycles. The van der Waals surface area contributed by atoms with Crippen molar-refractivity contribution in [3.63, 3.8) is 0 Å². The molecule has 0 spiro atoms. The summed E-state index contributed by atoms with van der Waals surface area (Å²) in [6.45, 7) is 4.46. The molecule has 1 heterocycles. The van der Waals surface area contributed by atoms with Crippen LogP contribution in [-0.2, 0) is 4.84 Å². The zero-order chi connectivity index (χ0) is 10.4. The Morgan fingerprint density at radius 1 is 1.86 bits per heavy atom. The fraction of sp³-hybridized carbons (Fsp3) is 0.333. The van der Waals surface area contributed by atoms with Gasteiger partial charge in [-0.3, -0.25) is 4.90 Å². The molecule has 0 aliphatic carbocycles. The van der Waals surface area contributed by atoms with Crippen molar-refractivity contribution >= 4 is 11.8 Å². The first-order valence-corrected chi connectivity index (χ1v) is 4.18. The quantitative estimate of drug-likeness (QED) is 0.417. The van der Waals surface area contributed by atoms with Gasteiger partial charge in [-0.25, -0.2) is 4.79 Å². The van der Waals surface area contributed by atoms with E-state index in [9.17, 15) is 4.79 Å². The minimum absolute atomic E-state index is 0.267. The van der Waals surface area contributed by atoms with E-state index in [4.69, 9.17) is 9.94 Å². The maximum Gasteiger partial charge on any atom is 0.407 e. The van der Waals surface area contributed by atoms with E-state index in [1.165, 1.54) is 4.90 Å². The Morgan fingerprint density at radius 3 is 3.29 bits per heavy atom. The molecule has 0 fully saturated rings. The highest BCUT2D eigenvalue weighted by molar-refractivity contribution is 5.98. The smallest absolute Gasteiger partial charge is 0.407 e. The van der Waals surface area contributed by atoms with E-state index in [1.54, 1.807) is 18.2 Å². The van der Waals surface area contributed by atoms with E-state index in [1.807, 2.05) is 0 Å². The second kappa shape index (κ2) is 5.06. The minimum atomic E-state index is -0.953. The molecule has 76 valence electrons. The van der Waals surface area contributed by atoms with Gasteiger partial charge in [0.15, 0.2) is 0 Å². The summed E-state index contributed by atoms with van der Waals surface area (Å²) < 4.78 is 0. The molecule has 0 unspecified atom stereocenters. The van der Waals surface area contributed by atoms with Crippen LogP contribution >= 0.6 is 0 Å². The second-order valence-electron chi connectivity index (χ2n) is 2.73. The molecule has 0 radical (unpaired) electrons. The van der Waals surface area contributed by atoms with Gasteiger partial charge in [-0.1, -0.05) is 23.9 Å². The van der Waals surface area contributed by atoms with Crippen LogP contribution in [0.15, 0.2) is 30.0 Å². The van der Waals surface area contributed by atoms with Gasteiger partial charge in [0, 0.05) is 6.54 Å². The monoisotopic (exact) mass is 196 g/mol. The van der Waals surface area contributed by atoms with Crippen molar-refractivity contribution in [2.24, 2.45) is 5.16 Å². The molecular formula is C9H12N2O3. The number of hydrogen-bond acceptors (Lipinski definition) is 3. The van der Waals surface area contributed by atoms with Gasteiger partial charge in [0.25, 0.3) is 0 Å². The second-order valence-corrected chi connectivity index (χ2v) is 2.73. The molecule has 5 heteroatoms. The number of carboxylic acid groups (broad SMARTS) is 1. The van der Waals surface area contributed by atoms with Crippen LogP contribution in [0.1, 0.15) is 0 Å². The number of nitrogens with zero attached hydrogens (tertiary/aromatic N) is 2. The van der Waals surface area contributed by atoms with Crippen molar-refractivity contribution in [1.29, 1.82) is 0 Å². The third-order valence-electron chi connectivity index (χ3n) is 1.63. The number of amides is 1. The van der Waals surface area contributed by atoms with Crippen molar-refractivity contribution in [3.05, 3.63) is 24.8 Å². The lowest BCUT2D eigenvalue weighted by atomic mass is 10.2. The fourth-order valence-electron chi connectivity index (χ4n) is 1.01. The predicted octanol–water partition coefficient (Wildman–Crippen LogP) is 1.09. The molecular weight excluding hydrogens is 184 g/mol. The van der Waals surface area contributed by atoms with Crippen molar-refractivity contribution < 1.29 is 14.7 Å². The highest BCUT2D eigenvalue weighted by Gasteiger charge is 2.15. The molecule has 14 heavy (non-hydrogen) atoms. The lowest BCUT2D eigenvalue weighted by molar-refractivity contribution is 0.153. The average Bonchev–Trinajstić information content (AvgIpc) is 2.19. The Hall–Kier alpha value is -1.78. The third kappa shape index (κ3) is 2.93. The minimum Gasteiger partial charge on any atom is -0.465 e. The van der Waals surface area contributed by atoms with Crippen LogP contribution in [0.4, 0.5) is 4.79 Å². The zero-order valence-corrected chi connectivity index (χ0v) is 7.72. The average molecular weight is 196 g/mol. The Kier molecular flexibility index (Phi) is 3.72. The molecule has 1 aliphatic heterocycles. The Balaban J connectivity index is 2.51. The summed E-state index contributed by atoms with van der Waals surface area (Å²) in [6.07, 6.45) is 4.10. The summed E-state index contributed by atoms with van der Waals surface area (Å²) in [7, 11) is 0. The topological polar surface area (TPSA) is 62.1 Å². The van der Waals surface area contributed by atoms with Gasteiger partial charge in [-0.2, -0.15) is 0 Å². The maximum absolute atomic E-state index is 10.6. The highest BCUT2D eigenvalue weighted by atomic mass is 16.6. The molecule has 0 saturated carbocycles. The summed E-state index contributed by atoms with van der Waals surface area (Å²) in [5.74, 6) is 0. The summed E-state index contributed by atoms with van der Waals surface area (Å²) >= 11 is 0. The molecule has 0 aromatic carbocycles. The Bertz CT molecular complexity index is 284. The number of carbonyl (C=O) groups is 1. The van der Waals surface area contributed by atoms with Crippen molar-refractivity contribution in [2.75, 3.05) is 19.7 Å². The molecule has 1 aliphatic rings. The Labute approximate surface area is 82.0 Å². The summed E-state index contributed by atoms with van der Waals surface area (Å²) in [5, 5.41) is 12.5. The van der Waals surface area contributed by atoms with Crippen LogP contribution < -0.4 is 0 Å². The van der Waals surface area contributed by atoms with Crippen molar-refractivity contribution in [1.82, 2.24) is 4.90 Å². The van der Waals surface area contributed by atoms with Crippen LogP contribution in [0.25, 0.3) is 0 Å². The fourth-order valence-corrected chi connectivity index (χ4v) is 1.01. The number of hydrogen-bond donors (Lipinski definition) is 1. The summed E-state index contributed by atoms with van der Waals surface area (Å²) in [4.78, 5) is 16.7. The number of oxime groups is 1. The molecule has 0 atom stereocenters. The van der Waals surface area contributed by atoms with E-state index >= 15 is 0 Å². The predicted molar refractivity (Wildman–Crippen MR) is 52.3 cm³/mol. The normalized spacial score (nSPS) is 18.3. The van der Waals surface area contributed by atoms with Crippen LogP contribution in [0.5, 0.6) is 0 Å². The van der Waals surface area contributed by atoms with Gasteiger partial charge in [0.2, 0.25) is 0 Å². The molecule has 1 N–H and O–H groups in total. The molecule has 5 nitrogen and oxygen atoms in total. The summed E-state index contributed by atoms with van der Waals surface area (Å²) in [6, 6.07) is 0. The van der Waals surface area contributed by atoms with Gasteiger partial charge in [0.05, 0.1) is 12.3 Å². The molecule has 1 amide bonds. The van der Waals surface area contributed by atoms with E-state index in [2.05, 4.69) is 11.7 Å².